The molecule has 0 heterocycles. The molecule has 4 aromatic rings. The largest absolute Gasteiger partial charge is 0.497 e. The molecule has 5 nitrogen and oxygen atoms in total. The maximum Gasteiger partial charge on any atom is 0.273 e. The van der Waals surface area contributed by atoms with E-state index in [1.54, 1.807) is 54.6 Å². The highest BCUT2D eigenvalue weighted by Crippen LogP contribution is 2.34. The Morgan fingerprint density at radius 1 is 0.839 bits per heavy atom. The number of nitrogens with zero attached hydrogens (tertiary/aromatic N) is 1. The number of halogens is 1. The van der Waals surface area contributed by atoms with E-state index in [1.807, 2.05) is 24.3 Å². The summed E-state index contributed by atoms with van der Waals surface area (Å²) >= 11 is 3.37. The number of anilines is 1. The molecule has 156 valence electrons. The van der Waals surface area contributed by atoms with Crippen molar-refractivity contribution in [3.05, 3.63) is 101 Å². The SMILES string of the molecule is COc1ccc(S(=O)(=O)N(C(=O)c2ccccc2Br)c2cccc3ccccc23)cc1. The van der Waals surface area contributed by atoms with Gasteiger partial charge in [-0.15, -0.1) is 0 Å². The van der Waals surface area contributed by atoms with Gasteiger partial charge in [0.05, 0.1) is 23.3 Å². The van der Waals surface area contributed by atoms with Gasteiger partial charge < -0.3 is 4.74 Å². The van der Waals surface area contributed by atoms with Crippen LogP contribution in [-0.2, 0) is 10.0 Å². The number of hydrogen-bond acceptors (Lipinski definition) is 4. The van der Waals surface area contributed by atoms with Crippen molar-refractivity contribution in [2.24, 2.45) is 0 Å². The van der Waals surface area contributed by atoms with Gasteiger partial charge in [-0.1, -0.05) is 48.5 Å². The molecule has 0 spiro atoms. The first-order valence-electron chi connectivity index (χ1n) is 9.39. The summed E-state index contributed by atoms with van der Waals surface area (Å²) in [6, 6.07) is 25.3. The molecule has 0 saturated carbocycles. The standard InChI is InChI=1S/C24H18BrNO4S/c1-30-18-13-15-19(16-14-18)31(28,29)26(24(27)21-10-4-5-11-22(21)25)23-12-6-8-17-7-2-3-9-20(17)23/h2-16H,1H3. The lowest BCUT2D eigenvalue weighted by Gasteiger charge is -2.24. The first-order valence-corrected chi connectivity index (χ1v) is 11.6. The third-order valence-corrected chi connectivity index (χ3v) is 7.27. The molecule has 0 saturated heterocycles. The van der Waals surface area contributed by atoms with Crippen molar-refractivity contribution in [2.45, 2.75) is 4.90 Å². The Morgan fingerprint density at radius 2 is 1.48 bits per heavy atom. The van der Waals surface area contributed by atoms with Gasteiger partial charge in [-0.05, 0) is 63.8 Å². The van der Waals surface area contributed by atoms with Crippen molar-refractivity contribution in [1.82, 2.24) is 0 Å². The highest BCUT2D eigenvalue weighted by Gasteiger charge is 2.33. The molecule has 0 aliphatic rings. The minimum absolute atomic E-state index is 0.0124. The molecule has 0 fully saturated rings. The lowest BCUT2D eigenvalue weighted by atomic mass is 10.1. The van der Waals surface area contributed by atoms with E-state index in [0.717, 1.165) is 9.69 Å². The minimum Gasteiger partial charge on any atom is -0.497 e. The van der Waals surface area contributed by atoms with Crippen molar-refractivity contribution >= 4 is 48.3 Å². The molecular weight excluding hydrogens is 478 g/mol. The van der Waals surface area contributed by atoms with Gasteiger partial charge in [-0.25, -0.2) is 8.42 Å². The molecule has 4 aromatic carbocycles. The van der Waals surface area contributed by atoms with Crippen LogP contribution in [0.5, 0.6) is 5.75 Å². The van der Waals surface area contributed by atoms with Crippen LogP contribution in [0.15, 0.2) is 100 Å². The number of carbonyl (C=O) groups excluding carboxylic acids is 1. The van der Waals surface area contributed by atoms with Gasteiger partial charge in [-0.3, -0.25) is 4.79 Å². The van der Waals surface area contributed by atoms with Crippen molar-refractivity contribution in [2.75, 3.05) is 11.4 Å². The molecule has 0 aliphatic heterocycles. The van der Waals surface area contributed by atoms with E-state index >= 15 is 0 Å². The van der Waals surface area contributed by atoms with Gasteiger partial charge >= 0.3 is 0 Å². The first kappa shape index (κ1) is 21.1. The predicted molar refractivity (Wildman–Crippen MR) is 125 cm³/mol. The number of amides is 1. The van der Waals surface area contributed by atoms with E-state index in [2.05, 4.69) is 15.9 Å². The highest BCUT2D eigenvalue weighted by atomic mass is 79.9. The van der Waals surface area contributed by atoms with Crippen molar-refractivity contribution in [3.63, 3.8) is 0 Å². The molecule has 31 heavy (non-hydrogen) atoms. The average Bonchev–Trinajstić information content (AvgIpc) is 2.79. The number of fused-ring (bicyclic) bond motifs is 1. The Morgan fingerprint density at radius 3 is 2.19 bits per heavy atom. The molecule has 0 aliphatic carbocycles. The average molecular weight is 496 g/mol. The quantitative estimate of drug-likeness (QED) is 0.359. The fourth-order valence-corrected chi connectivity index (χ4v) is 5.21. The summed E-state index contributed by atoms with van der Waals surface area (Å²) in [4.78, 5) is 13.6. The van der Waals surface area contributed by atoms with Crippen LogP contribution in [0.3, 0.4) is 0 Å². The lowest BCUT2D eigenvalue weighted by Crippen LogP contribution is -2.37. The van der Waals surface area contributed by atoms with Gasteiger partial charge in [0.25, 0.3) is 15.9 Å². The molecule has 0 bridgehead atoms. The van der Waals surface area contributed by atoms with Crippen molar-refractivity contribution < 1.29 is 17.9 Å². The van der Waals surface area contributed by atoms with Gasteiger partial charge in [-0.2, -0.15) is 4.31 Å². The molecule has 4 rings (SSSR count). The van der Waals surface area contributed by atoms with E-state index in [0.29, 0.717) is 15.6 Å². The second-order valence-electron chi connectivity index (χ2n) is 6.73. The second kappa shape index (κ2) is 8.53. The Kier molecular flexibility index (Phi) is 5.80. The topological polar surface area (TPSA) is 63.7 Å². The van der Waals surface area contributed by atoms with Crippen LogP contribution in [0.1, 0.15) is 10.4 Å². The number of carbonyl (C=O) groups is 1. The molecule has 7 heteroatoms. The van der Waals surface area contributed by atoms with Crippen LogP contribution >= 0.6 is 15.9 Å². The zero-order chi connectivity index (χ0) is 22.0. The number of sulfonamides is 1. The number of benzene rings is 4. The van der Waals surface area contributed by atoms with Gasteiger partial charge in [0, 0.05) is 9.86 Å². The second-order valence-corrected chi connectivity index (χ2v) is 9.37. The summed E-state index contributed by atoms with van der Waals surface area (Å²) < 4.78 is 34.0. The maximum absolute atomic E-state index is 13.8. The molecule has 1 amide bonds. The fraction of sp³-hybridized carbons (Fsp3) is 0.0417. The lowest BCUT2D eigenvalue weighted by molar-refractivity contribution is 0.100. The van der Waals surface area contributed by atoms with Crippen LogP contribution < -0.4 is 9.04 Å². The Bertz CT molecular complexity index is 1360. The normalized spacial score (nSPS) is 11.3. The van der Waals surface area contributed by atoms with E-state index in [9.17, 15) is 13.2 Å². The third kappa shape index (κ3) is 3.94. The van der Waals surface area contributed by atoms with Crippen molar-refractivity contribution in [3.8, 4) is 5.75 Å². The Labute approximate surface area is 189 Å². The van der Waals surface area contributed by atoms with Gasteiger partial charge in [0.1, 0.15) is 5.75 Å². The van der Waals surface area contributed by atoms with E-state index in [-0.39, 0.29) is 16.1 Å². The van der Waals surface area contributed by atoms with E-state index in [1.165, 1.54) is 19.2 Å². The predicted octanol–water partition coefficient (Wildman–Crippen LogP) is 5.65. The Balaban J connectivity index is 1.97. The summed E-state index contributed by atoms with van der Waals surface area (Å²) in [5.74, 6) is -0.132. The molecular formula is C24H18BrNO4S. The molecule has 0 atom stereocenters. The van der Waals surface area contributed by atoms with Crippen LogP contribution in [0.2, 0.25) is 0 Å². The highest BCUT2D eigenvalue weighted by molar-refractivity contribution is 9.10. The summed E-state index contributed by atoms with van der Waals surface area (Å²) in [6.07, 6.45) is 0. The minimum atomic E-state index is -4.23. The number of hydrogen-bond donors (Lipinski definition) is 0. The summed E-state index contributed by atoms with van der Waals surface area (Å²) in [5.41, 5.74) is 0.530. The van der Waals surface area contributed by atoms with E-state index < -0.39 is 15.9 Å². The Hall–Kier alpha value is -3.16. The maximum atomic E-state index is 13.8. The summed E-state index contributed by atoms with van der Waals surface area (Å²) in [7, 11) is -2.72. The molecule has 0 radical (unpaired) electrons. The smallest absolute Gasteiger partial charge is 0.273 e. The number of ether oxygens (including phenoxy) is 1. The number of rotatable bonds is 5. The zero-order valence-electron chi connectivity index (χ0n) is 16.5. The van der Waals surface area contributed by atoms with Gasteiger partial charge in [0.15, 0.2) is 0 Å². The molecule has 0 unspecified atom stereocenters. The fourth-order valence-electron chi connectivity index (χ4n) is 3.33. The van der Waals surface area contributed by atoms with Crippen molar-refractivity contribution in [1.29, 1.82) is 0 Å². The van der Waals surface area contributed by atoms with Crippen LogP contribution in [-0.4, -0.2) is 21.4 Å². The molecule has 0 aromatic heterocycles. The summed E-state index contributed by atoms with van der Waals surface area (Å²) in [6.45, 7) is 0. The van der Waals surface area contributed by atoms with Crippen LogP contribution in [0.4, 0.5) is 5.69 Å². The number of methoxy groups -OCH3 is 1. The zero-order valence-corrected chi connectivity index (χ0v) is 18.9. The summed E-state index contributed by atoms with van der Waals surface area (Å²) in [5, 5.41) is 1.48. The third-order valence-electron chi connectivity index (χ3n) is 4.87. The van der Waals surface area contributed by atoms with Crippen LogP contribution in [0, 0.1) is 0 Å². The molecule has 0 N–H and O–H groups in total. The van der Waals surface area contributed by atoms with Crippen LogP contribution in [0.25, 0.3) is 10.8 Å². The van der Waals surface area contributed by atoms with E-state index in [4.69, 9.17) is 4.74 Å². The monoisotopic (exact) mass is 495 g/mol. The van der Waals surface area contributed by atoms with Gasteiger partial charge in [0.2, 0.25) is 0 Å². The first-order chi connectivity index (χ1) is 14.9.